The van der Waals surface area contributed by atoms with Crippen LogP contribution >= 0.6 is 0 Å². The summed E-state index contributed by atoms with van der Waals surface area (Å²) in [6.07, 6.45) is 2.59. The molecule has 0 saturated heterocycles. The van der Waals surface area contributed by atoms with Crippen LogP contribution in [0.5, 0.6) is 0 Å². The van der Waals surface area contributed by atoms with E-state index in [1.165, 1.54) is 0 Å². The maximum atomic E-state index is 13.0. The number of carbonyl (C=O) groups excluding carboxylic acids is 1. The van der Waals surface area contributed by atoms with Crippen LogP contribution in [0.25, 0.3) is 0 Å². The molecule has 0 saturated carbocycles. The number of carboxylic acids is 1. The Balaban J connectivity index is 1.79. The molecule has 2 bridgehead atoms. The molecule has 1 aliphatic rings. The van der Waals surface area contributed by atoms with Gasteiger partial charge in [-0.25, -0.2) is 4.79 Å². The van der Waals surface area contributed by atoms with E-state index in [-0.39, 0.29) is 42.7 Å². The normalized spacial score (nSPS) is 21.0. The van der Waals surface area contributed by atoms with Crippen LogP contribution in [0.1, 0.15) is 48.3 Å². The number of nitrogens with zero attached hydrogens (tertiary/aromatic N) is 5. The Morgan fingerprint density at radius 3 is 2.85 bits per heavy atom. The SMILES string of the molecule is C[C@H]1CN([C@@H](C)CO)C(=O)CCCn2cc(nn2)CO[C@H]1CN(C)Cc1ccccc1C(=O)O. The second kappa shape index (κ2) is 12.0. The third-order valence-electron chi connectivity index (χ3n) is 6.22. The number of fused-ring (bicyclic) bond motifs is 2. The summed E-state index contributed by atoms with van der Waals surface area (Å²) in [5, 5.41) is 27.5. The number of aliphatic hydroxyl groups excluding tert-OH is 1. The van der Waals surface area contributed by atoms with E-state index in [4.69, 9.17) is 4.74 Å². The van der Waals surface area contributed by atoms with E-state index < -0.39 is 5.97 Å². The van der Waals surface area contributed by atoms with Gasteiger partial charge < -0.3 is 19.8 Å². The molecule has 2 N–H and O–H groups in total. The minimum Gasteiger partial charge on any atom is -0.478 e. The zero-order valence-electron chi connectivity index (χ0n) is 20.1. The molecule has 186 valence electrons. The molecule has 0 spiro atoms. The number of carboxylic acid groups (broad SMARTS) is 1. The molecule has 10 nitrogen and oxygen atoms in total. The lowest BCUT2D eigenvalue weighted by Crippen LogP contribution is -2.47. The van der Waals surface area contributed by atoms with Crippen molar-refractivity contribution in [3.63, 3.8) is 0 Å². The van der Waals surface area contributed by atoms with Gasteiger partial charge in [0, 0.05) is 38.5 Å². The third kappa shape index (κ3) is 6.85. The van der Waals surface area contributed by atoms with Crippen LogP contribution in [0, 0.1) is 5.92 Å². The predicted octanol–water partition coefficient (Wildman–Crippen LogP) is 1.63. The number of ether oxygens (including phenoxy) is 1. The zero-order chi connectivity index (χ0) is 24.7. The summed E-state index contributed by atoms with van der Waals surface area (Å²) >= 11 is 0. The summed E-state index contributed by atoms with van der Waals surface area (Å²) in [6.45, 7) is 6.07. The second-order valence-electron chi connectivity index (χ2n) is 9.14. The molecule has 1 aromatic carbocycles. The van der Waals surface area contributed by atoms with Gasteiger partial charge in [-0.2, -0.15) is 0 Å². The van der Waals surface area contributed by atoms with E-state index in [0.717, 1.165) is 11.3 Å². The van der Waals surface area contributed by atoms with Crippen molar-refractivity contribution in [1.82, 2.24) is 24.8 Å². The van der Waals surface area contributed by atoms with Gasteiger partial charge in [-0.05, 0) is 32.0 Å². The van der Waals surface area contributed by atoms with Gasteiger partial charge in [-0.1, -0.05) is 30.3 Å². The first kappa shape index (κ1) is 25.8. The highest BCUT2D eigenvalue weighted by Crippen LogP contribution is 2.19. The molecule has 2 heterocycles. The number of hydrogen-bond acceptors (Lipinski definition) is 7. The van der Waals surface area contributed by atoms with Crippen LogP contribution in [0.4, 0.5) is 0 Å². The summed E-state index contributed by atoms with van der Waals surface area (Å²) in [7, 11) is 1.92. The van der Waals surface area contributed by atoms with E-state index >= 15 is 0 Å². The van der Waals surface area contributed by atoms with Gasteiger partial charge in [0.05, 0.1) is 37.1 Å². The molecule has 3 rings (SSSR count). The van der Waals surface area contributed by atoms with Gasteiger partial charge in [0.25, 0.3) is 0 Å². The number of likely N-dealkylation sites (N-methyl/N-ethyl adjacent to an activating group) is 1. The maximum Gasteiger partial charge on any atom is 0.336 e. The number of aryl methyl sites for hydroxylation is 1. The van der Waals surface area contributed by atoms with Crippen LogP contribution in [-0.2, 0) is 29.2 Å². The van der Waals surface area contributed by atoms with Crippen molar-refractivity contribution in [3.8, 4) is 0 Å². The average molecular weight is 474 g/mol. The Morgan fingerprint density at radius 2 is 2.12 bits per heavy atom. The summed E-state index contributed by atoms with van der Waals surface area (Å²) in [4.78, 5) is 28.3. The fourth-order valence-corrected chi connectivity index (χ4v) is 4.22. The van der Waals surface area contributed by atoms with E-state index in [9.17, 15) is 19.8 Å². The number of carbonyl (C=O) groups is 2. The van der Waals surface area contributed by atoms with Crippen LogP contribution in [0.2, 0.25) is 0 Å². The van der Waals surface area contributed by atoms with E-state index in [1.54, 1.807) is 21.7 Å². The van der Waals surface area contributed by atoms with Crippen LogP contribution in [0.3, 0.4) is 0 Å². The molecule has 10 heteroatoms. The minimum atomic E-state index is -0.953. The first-order valence-corrected chi connectivity index (χ1v) is 11.7. The minimum absolute atomic E-state index is 0.00419. The van der Waals surface area contributed by atoms with Gasteiger partial charge in [0.2, 0.25) is 5.91 Å². The van der Waals surface area contributed by atoms with Crippen molar-refractivity contribution in [2.24, 2.45) is 5.92 Å². The lowest BCUT2D eigenvalue weighted by molar-refractivity contribution is -0.136. The van der Waals surface area contributed by atoms with E-state index in [2.05, 4.69) is 10.3 Å². The molecule has 0 aliphatic carbocycles. The fourth-order valence-electron chi connectivity index (χ4n) is 4.22. The van der Waals surface area contributed by atoms with Gasteiger partial charge in [0.15, 0.2) is 0 Å². The number of amides is 1. The third-order valence-corrected chi connectivity index (χ3v) is 6.22. The van der Waals surface area contributed by atoms with Crippen LogP contribution < -0.4 is 0 Å². The van der Waals surface area contributed by atoms with E-state index in [1.807, 2.05) is 44.1 Å². The van der Waals surface area contributed by atoms with Crippen molar-refractivity contribution in [2.45, 2.75) is 58.5 Å². The summed E-state index contributed by atoms with van der Waals surface area (Å²) in [6, 6.07) is 6.67. The summed E-state index contributed by atoms with van der Waals surface area (Å²) in [5.74, 6) is -0.993. The number of aromatic nitrogens is 3. The lowest BCUT2D eigenvalue weighted by Gasteiger charge is -2.35. The molecule has 3 atom stereocenters. The van der Waals surface area contributed by atoms with Gasteiger partial charge in [-0.3, -0.25) is 14.4 Å². The number of aliphatic hydroxyl groups is 1. The first-order valence-electron chi connectivity index (χ1n) is 11.7. The topological polar surface area (TPSA) is 121 Å². The maximum absolute atomic E-state index is 13.0. The first-order chi connectivity index (χ1) is 16.3. The predicted molar refractivity (Wildman–Crippen MR) is 125 cm³/mol. The Kier molecular flexibility index (Phi) is 9.14. The average Bonchev–Trinajstić information content (AvgIpc) is 3.26. The van der Waals surface area contributed by atoms with E-state index in [0.29, 0.717) is 39.0 Å². The molecule has 0 radical (unpaired) electrons. The standard InChI is InChI=1S/C24H35N5O5/c1-17-11-29(18(2)15-30)23(31)9-6-10-28-13-20(25-26-28)16-34-22(17)14-27(3)12-19-7-4-5-8-21(19)24(32)33/h4-5,7-8,13,17-18,22,30H,6,9-12,14-16H2,1-3H3,(H,32,33)/t17-,18-,22-/m0/s1. The largest absolute Gasteiger partial charge is 0.478 e. The second-order valence-corrected chi connectivity index (χ2v) is 9.14. The van der Waals surface area contributed by atoms with Crippen molar-refractivity contribution in [2.75, 3.05) is 26.7 Å². The number of rotatable bonds is 7. The molecule has 1 aromatic heterocycles. The molecule has 0 fully saturated rings. The highest BCUT2D eigenvalue weighted by molar-refractivity contribution is 5.89. The highest BCUT2D eigenvalue weighted by atomic mass is 16.5. The molecule has 1 amide bonds. The van der Waals surface area contributed by atoms with Crippen molar-refractivity contribution >= 4 is 11.9 Å². The molecule has 1 aliphatic heterocycles. The summed E-state index contributed by atoms with van der Waals surface area (Å²) < 4.78 is 7.99. The smallest absolute Gasteiger partial charge is 0.336 e. The van der Waals surface area contributed by atoms with Crippen molar-refractivity contribution < 1.29 is 24.5 Å². The van der Waals surface area contributed by atoms with Crippen LogP contribution in [-0.4, -0.2) is 85.8 Å². The molecule has 0 unspecified atom stereocenters. The fraction of sp³-hybridized carbons (Fsp3) is 0.583. The van der Waals surface area contributed by atoms with Gasteiger partial charge >= 0.3 is 5.97 Å². The molecule has 34 heavy (non-hydrogen) atoms. The quantitative estimate of drug-likeness (QED) is 0.623. The molecular formula is C24H35N5O5. The van der Waals surface area contributed by atoms with Gasteiger partial charge in [-0.15, -0.1) is 5.10 Å². The Labute approximate surface area is 200 Å². The summed E-state index contributed by atoms with van der Waals surface area (Å²) in [5.41, 5.74) is 1.73. The number of hydrogen-bond donors (Lipinski definition) is 2. The Bertz CT molecular complexity index is 965. The van der Waals surface area contributed by atoms with Crippen molar-refractivity contribution in [3.05, 3.63) is 47.3 Å². The zero-order valence-corrected chi connectivity index (χ0v) is 20.1. The number of benzene rings is 1. The monoisotopic (exact) mass is 473 g/mol. The number of aromatic carboxylic acids is 1. The van der Waals surface area contributed by atoms with Crippen LogP contribution in [0.15, 0.2) is 30.5 Å². The Morgan fingerprint density at radius 1 is 1.35 bits per heavy atom. The lowest BCUT2D eigenvalue weighted by atomic mass is 10.0. The Hall–Kier alpha value is -2.82. The highest BCUT2D eigenvalue weighted by Gasteiger charge is 2.28. The van der Waals surface area contributed by atoms with Gasteiger partial charge in [0.1, 0.15) is 5.69 Å². The molecular weight excluding hydrogens is 438 g/mol. The molecule has 2 aromatic rings. The van der Waals surface area contributed by atoms with Crippen molar-refractivity contribution in [1.29, 1.82) is 0 Å².